The van der Waals surface area contributed by atoms with Crippen LogP contribution in [0.5, 0.6) is 5.75 Å². The summed E-state index contributed by atoms with van der Waals surface area (Å²) in [7, 11) is 0. The van der Waals surface area contributed by atoms with Crippen molar-refractivity contribution in [2.75, 3.05) is 19.8 Å². The largest absolute Gasteiger partial charge is 0.491 e. The fraction of sp³-hybridized carbons (Fsp3) is 0.632. The molecule has 0 fully saturated rings. The Morgan fingerprint density at radius 2 is 1.92 bits per heavy atom. The lowest BCUT2D eigenvalue weighted by molar-refractivity contribution is -0.159. The molecule has 0 amide bonds. The number of rotatable bonds is 9. The van der Waals surface area contributed by atoms with Crippen LogP contribution in [-0.2, 0) is 20.7 Å². The van der Waals surface area contributed by atoms with Crippen LogP contribution in [0, 0.1) is 9.49 Å². The molecular formula is C19H29IO4. The lowest BCUT2D eigenvalue weighted by atomic mass is 10.0. The molecule has 136 valence electrons. The van der Waals surface area contributed by atoms with E-state index in [1.54, 1.807) is 0 Å². The van der Waals surface area contributed by atoms with Gasteiger partial charge in [0.15, 0.2) is 0 Å². The number of carbonyl (C=O) groups is 1. The van der Waals surface area contributed by atoms with Gasteiger partial charge in [-0.3, -0.25) is 4.79 Å². The zero-order valence-corrected chi connectivity index (χ0v) is 17.5. The Morgan fingerprint density at radius 1 is 1.21 bits per heavy atom. The maximum atomic E-state index is 12.2. The van der Waals surface area contributed by atoms with E-state index in [9.17, 15) is 4.79 Å². The van der Waals surface area contributed by atoms with E-state index in [0.717, 1.165) is 27.9 Å². The van der Waals surface area contributed by atoms with E-state index < -0.39 is 5.60 Å². The Morgan fingerprint density at radius 3 is 2.54 bits per heavy atom. The van der Waals surface area contributed by atoms with Gasteiger partial charge in [0.2, 0.25) is 0 Å². The average molecular weight is 448 g/mol. The molecule has 0 aromatic heterocycles. The van der Waals surface area contributed by atoms with Crippen LogP contribution in [-0.4, -0.2) is 31.4 Å². The highest BCUT2D eigenvalue weighted by atomic mass is 127. The van der Waals surface area contributed by atoms with Gasteiger partial charge in [0.05, 0.1) is 12.5 Å². The van der Waals surface area contributed by atoms with Gasteiger partial charge in [0.1, 0.15) is 18.0 Å². The second-order valence-electron chi connectivity index (χ2n) is 6.85. The van der Waals surface area contributed by atoms with E-state index in [1.165, 1.54) is 0 Å². The zero-order chi connectivity index (χ0) is 18.2. The van der Waals surface area contributed by atoms with Crippen LogP contribution in [0.4, 0.5) is 0 Å². The molecule has 4 nitrogen and oxygen atoms in total. The third-order valence-corrected chi connectivity index (χ3v) is 4.25. The summed E-state index contributed by atoms with van der Waals surface area (Å²) in [4.78, 5) is 12.2. The van der Waals surface area contributed by atoms with Gasteiger partial charge in [-0.25, -0.2) is 0 Å². The maximum Gasteiger partial charge on any atom is 0.309 e. The highest BCUT2D eigenvalue weighted by molar-refractivity contribution is 14.1. The lowest BCUT2D eigenvalue weighted by Crippen LogP contribution is -2.28. The van der Waals surface area contributed by atoms with Crippen LogP contribution >= 0.6 is 22.6 Å². The predicted molar refractivity (Wildman–Crippen MR) is 104 cm³/mol. The topological polar surface area (TPSA) is 44.8 Å². The van der Waals surface area contributed by atoms with E-state index in [0.29, 0.717) is 19.6 Å². The number of benzene rings is 1. The Labute approximate surface area is 159 Å². The summed E-state index contributed by atoms with van der Waals surface area (Å²) in [6.07, 6.45) is 1.65. The first-order chi connectivity index (χ1) is 11.2. The minimum absolute atomic E-state index is 0.169. The van der Waals surface area contributed by atoms with E-state index >= 15 is 0 Å². The predicted octanol–water partition coefficient (Wildman–Crippen LogP) is 4.62. The summed E-state index contributed by atoms with van der Waals surface area (Å²) in [6.45, 7) is 11.5. The Hall–Kier alpha value is -0.820. The SMILES string of the molecule is CCCOCCOc1ccc(I)c(CC(C)C(=O)OC(C)(C)C)c1. The van der Waals surface area contributed by atoms with E-state index in [4.69, 9.17) is 14.2 Å². The van der Waals surface area contributed by atoms with Crippen molar-refractivity contribution in [3.8, 4) is 5.75 Å². The second-order valence-corrected chi connectivity index (χ2v) is 8.01. The van der Waals surface area contributed by atoms with Crippen LogP contribution in [0.25, 0.3) is 0 Å². The van der Waals surface area contributed by atoms with Crippen molar-refractivity contribution in [2.45, 2.75) is 53.1 Å². The molecule has 0 aliphatic carbocycles. The molecule has 5 heteroatoms. The average Bonchev–Trinajstić information content (AvgIpc) is 2.48. The van der Waals surface area contributed by atoms with Gasteiger partial charge in [-0.05, 0) is 80.0 Å². The first kappa shape index (κ1) is 21.2. The third-order valence-electron chi connectivity index (χ3n) is 3.20. The van der Waals surface area contributed by atoms with Crippen molar-refractivity contribution in [3.63, 3.8) is 0 Å². The first-order valence-corrected chi connectivity index (χ1v) is 9.52. The minimum atomic E-state index is -0.456. The smallest absolute Gasteiger partial charge is 0.309 e. The molecule has 0 saturated heterocycles. The molecule has 1 aromatic carbocycles. The molecule has 0 N–H and O–H groups in total. The molecule has 0 spiro atoms. The zero-order valence-electron chi connectivity index (χ0n) is 15.4. The van der Waals surface area contributed by atoms with Gasteiger partial charge in [-0.2, -0.15) is 0 Å². The Kier molecular flexibility index (Phi) is 9.05. The third kappa shape index (κ3) is 8.33. The van der Waals surface area contributed by atoms with Crippen LogP contribution in [0.1, 0.15) is 46.6 Å². The molecule has 1 aromatic rings. The van der Waals surface area contributed by atoms with Gasteiger partial charge in [-0.1, -0.05) is 13.8 Å². The second kappa shape index (κ2) is 10.2. The molecule has 1 rings (SSSR count). The fourth-order valence-corrected chi connectivity index (χ4v) is 2.63. The molecule has 0 radical (unpaired) electrons. The van der Waals surface area contributed by atoms with E-state index in [2.05, 4.69) is 29.5 Å². The van der Waals surface area contributed by atoms with Crippen molar-refractivity contribution in [1.29, 1.82) is 0 Å². The van der Waals surface area contributed by atoms with Crippen molar-refractivity contribution in [2.24, 2.45) is 5.92 Å². The van der Waals surface area contributed by atoms with Crippen LogP contribution < -0.4 is 4.74 Å². The van der Waals surface area contributed by atoms with Gasteiger partial charge in [0.25, 0.3) is 0 Å². The summed E-state index contributed by atoms with van der Waals surface area (Å²) in [6, 6.07) is 5.96. The van der Waals surface area contributed by atoms with Crippen molar-refractivity contribution in [3.05, 3.63) is 27.3 Å². The van der Waals surface area contributed by atoms with E-state index in [-0.39, 0.29) is 11.9 Å². The summed E-state index contributed by atoms with van der Waals surface area (Å²) >= 11 is 2.29. The van der Waals surface area contributed by atoms with Crippen LogP contribution in [0.2, 0.25) is 0 Å². The number of halogens is 1. The molecule has 0 saturated carbocycles. The maximum absolute atomic E-state index is 12.2. The quantitative estimate of drug-likeness (QED) is 0.314. The monoisotopic (exact) mass is 448 g/mol. The van der Waals surface area contributed by atoms with Crippen molar-refractivity contribution >= 4 is 28.6 Å². The number of hydrogen-bond donors (Lipinski definition) is 0. The number of hydrogen-bond acceptors (Lipinski definition) is 4. The van der Waals surface area contributed by atoms with Crippen LogP contribution in [0.15, 0.2) is 18.2 Å². The van der Waals surface area contributed by atoms with Gasteiger partial charge in [0, 0.05) is 10.2 Å². The summed E-state index contributed by atoms with van der Waals surface area (Å²) in [5.41, 5.74) is 0.642. The normalized spacial score (nSPS) is 12.8. The van der Waals surface area contributed by atoms with Crippen LogP contribution in [0.3, 0.4) is 0 Å². The molecule has 24 heavy (non-hydrogen) atoms. The minimum Gasteiger partial charge on any atom is -0.491 e. The van der Waals surface area contributed by atoms with Crippen molar-refractivity contribution < 1.29 is 19.0 Å². The summed E-state index contributed by atoms with van der Waals surface area (Å²) in [5.74, 6) is 0.445. The Bertz CT molecular complexity index is 523. The van der Waals surface area contributed by atoms with Crippen molar-refractivity contribution in [1.82, 2.24) is 0 Å². The standard InChI is InChI=1S/C19H29IO4/c1-6-9-22-10-11-23-16-7-8-17(20)15(13-16)12-14(2)18(21)24-19(3,4)5/h7-8,13-14H,6,9-12H2,1-5H3. The molecule has 0 aliphatic rings. The summed E-state index contributed by atoms with van der Waals surface area (Å²) in [5, 5.41) is 0. The van der Waals surface area contributed by atoms with Gasteiger partial charge >= 0.3 is 5.97 Å². The molecular weight excluding hydrogens is 419 g/mol. The highest BCUT2D eigenvalue weighted by Crippen LogP contribution is 2.23. The number of ether oxygens (including phenoxy) is 3. The Balaban J connectivity index is 2.60. The number of esters is 1. The van der Waals surface area contributed by atoms with Gasteiger partial charge < -0.3 is 14.2 Å². The summed E-state index contributed by atoms with van der Waals surface area (Å²) < 4.78 is 17.7. The molecule has 0 aliphatic heterocycles. The van der Waals surface area contributed by atoms with E-state index in [1.807, 2.05) is 45.9 Å². The molecule has 0 heterocycles. The first-order valence-electron chi connectivity index (χ1n) is 8.44. The highest BCUT2D eigenvalue weighted by Gasteiger charge is 2.22. The molecule has 1 unspecified atom stereocenters. The lowest BCUT2D eigenvalue weighted by Gasteiger charge is -2.22. The van der Waals surface area contributed by atoms with Gasteiger partial charge in [-0.15, -0.1) is 0 Å². The molecule has 1 atom stereocenters. The molecule has 0 bridgehead atoms. The fourth-order valence-electron chi connectivity index (χ4n) is 2.08. The number of carbonyl (C=O) groups excluding carboxylic acids is 1.